The highest BCUT2D eigenvalue weighted by molar-refractivity contribution is 6.28. The summed E-state index contributed by atoms with van der Waals surface area (Å²) in [6.07, 6.45) is 0. The molecule has 0 bridgehead atoms. The highest BCUT2D eigenvalue weighted by atomic mass is 15.0. The van der Waals surface area contributed by atoms with E-state index in [9.17, 15) is 0 Å². The number of para-hydroxylation sites is 1. The zero-order valence-corrected chi connectivity index (χ0v) is 33.3. The predicted molar refractivity (Wildman–Crippen MR) is 259 cm³/mol. The lowest BCUT2D eigenvalue weighted by Crippen LogP contribution is -2.00. The second-order valence-corrected chi connectivity index (χ2v) is 16.3. The highest BCUT2D eigenvalue weighted by Gasteiger charge is 2.32. The molecule has 0 saturated carbocycles. The summed E-state index contributed by atoms with van der Waals surface area (Å²) < 4.78 is 2.58. The van der Waals surface area contributed by atoms with E-state index < -0.39 is 0 Å². The molecule has 0 N–H and O–H groups in total. The normalized spacial score (nSPS) is 11.9. The van der Waals surface area contributed by atoms with E-state index in [1.165, 1.54) is 127 Å². The molecule has 1 aromatic heterocycles. The number of hydrogen-bond donors (Lipinski definition) is 0. The zero-order valence-electron chi connectivity index (χ0n) is 33.3. The Labute approximate surface area is 354 Å². The van der Waals surface area contributed by atoms with Crippen LogP contribution in [0.2, 0.25) is 0 Å². The van der Waals surface area contributed by atoms with Crippen molar-refractivity contribution in [2.75, 3.05) is 0 Å². The Kier molecular flexibility index (Phi) is 7.37. The maximum absolute atomic E-state index is 2.58. The topological polar surface area (TPSA) is 4.93 Å². The van der Waals surface area contributed by atoms with E-state index in [0.29, 0.717) is 0 Å². The minimum absolute atomic E-state index is 1.17. The highest BCUT2D eigenvalue weighted by Crippen LogP contribution is 2.59. The van der Waals surface area contributed by atoms with E-state index in [1.807, 2.05) is 0 Å². The van der Waals surface area contributed by atoms with Gasteiger partial charge in [0.1, 0.15) is 0 Å². The summed E-state index contributed by atoms with van der Waals surface area (Å²) in [5.74, 6) is 0. The quantitative estimate of drug-likeness (QED) is 0.164. The molecule has 1 heterocycles. The minimum Gasteiger partial charge on any atom is -0.308 e. The van der Waals surface area contributed by atoms with Gasteiger partial charge in [0.2, 0.25) is 0 Å². The van der Waals surface area contributed by atoms with Gasteiger partial charge in [-0.2, -0.15) is 0 Å². The van der Waals surface area contributed by atoms with Crippen LogP contribution in [0.1, 0.15) is 0 Å². The van der Waals surface area contributed by atoms with Gasteiger partial charge in [0, 0.05) is 21.9 Å². The molecule has 0 saturated heterocycles. The van der Waals surface area contributed by atoms with Crippen molar-refractivity contribution in [2.24, 2.45) is 0 Å². The lowest BCUT2D eigenvalue weighted by atomic mass is 9.82. The first-order valence-corrected chi connectivity index (χ1v) is 21.2. The summed E-state index contributed by atoms with van der Waals surface area (Å²) in [6.45, 7) is 0. The van der Waals surface area contributed by atoms with Crippen LogP contribution in [0.3, 0.4) is 0 Å². The molecule has 0 amide bonds. The van der Waals surface area contributed by atoms with Crippen LogP contribution in [0.25, 0.3) is 127 Å². The van der Waals surface area contributed by atoms with Crippen molar-refractivity contribution >= 4 is 54.0 Å². The van der Waals surface area contributed by atoms with E-state index in [1.54, 1.807) is 0 Å². The van der Waals surface area contributed by atoms with E-state index in [2.05, 4.69) is 229 Å². The SMILES string of the molecule is c1ccc(-c2c3c(c(-c4ccccc4)c4ccccc24)-c2ccc(-n4c(-c5cccc6ccccc56)c(-c5cccc6ccccc56)c5ccccc54)c4cccc-3c24)cc1. The van der Waals surface area contributed by atoms with Gasteiger partial charge in [-0.1, -0.05) is 212 Å². The van der Waals surface area contributed by atoms with Crippen molar-refractivity contribution in [3.05, 3.63) is 224 Å². The van der Waals surface area contributed by atoms with Gasteiger partial charge in [0.15, 0.2) is 0 Å². The Morgan fingerprint density at radius 1 is 0.246 bits per heavy atom. The molecular formula is C60H37N. The summed E-state index contributed by atoms with van der Waals surface area (Å²) in [7, 11) is 0. The monoisotopic (exact) mass is 771 g/mol. The standard InChI is InChI=1S/C60H37N/c1-3-20-40(21-4-1)54-45-28-11-12-29-46(45)55(41-22-5-2-6-23-41)59-51-36-37-53(48-33-17-34-50(56(48)51)58(54)59)61-52-35-14-13-30-49(52)57(44-31-15-24-38-18-7-9-26-42(38)44)60(61)47-32-16-25-39-19-8-10-27-43(39)47/h1-37H. The number of fused-ring (bicyclic) bond motifs is 7. The molecule has 0 atom stereocenters. The van der Waals surface area contributed by atoms with Crippen molar-refractivity contribution in [3.63, 3.8) is 0 Å². The second-order valence-electron chi connectivity index (χ2n) is 16.3. The van der Waals surface area contributed by atoms with Crippen LogP contribution in [0, 0.1) is 0 Å². The van der Waals surface area contributed by atoms with E-state index in [0.717, 1.165) is 0 Å². The number of nitrogens with zero attached hydrogens (tertiary/aromatic N) is 1. The molecule has 1 aliphatic rings. The molecule has 11 aromatic carbocycles. The average Bonchev–Trinajstić information content (AvgIpc) is 3.85. The molecule has 0 spiro atoms. The number of benzene rings is 11. The van der Waals surface area contributed by atoms with E-state index in [-0.39, 0.29) is 0 Å². The van der Waals surface area contributed by atoms with Gasteiger partial charge >= 0.3 is 0 Å². The molecular weight excluding hydrogens is 735 g/mol. The molecule has 1 heteroatoms. The minimum atomic E-state index is 1.17. The summed E-state index contributed by atoms with van der Waals surface area (Å²) >= 11 is 0. The fraction of sp³-hybridized carbons (Fsp3) is 0. The lowest BCUT2D eigenvalue weighted by molar-refractivity contribution is 1.15. The molecule has 12 aromatic rings. The smallest absolute Gasteiger partial charge is 0.0626 e. The predicted octanol–water partition coefficient (Wildman–Crippen LogP) is 16.6. The van der Waals surface area contributed by atoms with Gasteiger partial charge in [-0.05, 0) is 99.9 Å². The van der Waals surface area contributed by atoms with Crippen LogP contribution < -0.4 is 0 Å². The largest absolute Gasteiger partial charge is 0.308 e. The fourth-order valence-corrected chi connectivity index (χ4v) is 10.7. The van der Waals surface area contributed by atoms with Crippen LogP contribution >= 0.6 is 0 Å². The van der Waals surface area contributed by atoms with E-state index in [4.69, 9.17) is 0 Å². The summed E-state index contributed by atoms with van der Waals surface area (Å²) in [4.78, 5) is 0. The Hall–Kier alpha value is -8.00. The number of hydrogen-bond acceptors (Lipinski definition) is 0. The maximum atomic E-state index is 2.58. The zero-order chi connectivity index (χ0) is 40.0. The van der Waals surface area contributed by atoms with Crippen LogP contribution in [-0.4, -0.2) is 4.57 Å². The van der Waals surface area contributed by atoms with E-state index >= 15 is 0 Å². The van der Waals surface area contributed by atoms with Gasteiger partial charge in [0.25, 0.3) is 0 Å². The van der Waals surface area contributed by atoms with Crippen LogP contribution in [-0.2, 0) is 0 Å². The molecule has 0 radical (unpaired) electrons. The molecule has 0 unspecified atom stereocenters. The third kappa shape index (κ3) is 4.89. The Morgan fingerprint density at radius 2 is 0.689 bits per heavy atom. The Balaban J connectivity index is 1.20. The van der Waals surface area contributed by atoms with Gasteiger partial charge in [-0.25, -0.2) is 0 Å². The van der Waals surface area contributed by atoms with Crippen LogP contribution in [0.4, 0.5) is 0 Å². The van der Waals surface area contributed by atoms with Crippen LogP contribution in [0.5, 0.6) is 0 Å². The second kappa shape index (κ2) is 13.3. The van der Waals surface area contributed by atoms with Crippen molar-refractivity contribution < 1.29 is 0 Å². The first-order chi connectivity index (χ1) is 30.3. The summed E-state index contributed by atoms with van der Waals surface area (Å²) in [6, 6.07) is 83.0. The van der Waals surface area contributed by atoms with Gasteiger partial charge in [-0.3, -0.25) is 0 Å². The van der Waals surface area contributed by atoms with Gasteiger partial charge in [-0.15, -0.1) is 0 Å². The molecule has 0 fully saturated rings. The molecule has 61 heavy (non-hydrogen) atoms. The van der Waals surface area contributed by atoms with Gasteiger partial charge < -0.3 is 4.57 Å². The van der Waals surface area contributed by atoms with Crippen molar-refractivity contribution in [2.45, 2.75) is 0 Å². The molecule has 0 aliphatic heterocycles. The molecule has 282 valence electrons. The Morgan fingerprint density at radius 3 is 1.33 bits per heavy atom. The molecule has 13 rings (SSSR count). The number of aromatic nitrogens is 1. The summed E-state index contributed by atoms with van der Waals surface area (Å²) in [5.41, 5.74) is 17.5. The molecule has 1 aliphatic carbocycles. The summed E-state index contributed by atoms with van der Waals surface area (Å²) in [5, 5.41) is 11.3. The van der Waals surface area contributed by atoms with Gasteiger partial charge in [0.05, 0.1) is 16.9 Å². The average molecular weight is 772 g/mol. The first kappa shape index (κ1) is 33.9. The Bertz CT molecular complexity index is 3640. The first-order valence-electron chi connectivity index (χ1n) is 21.2. The van der Waals surface area contributed by atoms with Crippen molar-refractivity contribution in [1.29, 1.82) is 0 Å². The van der Waals surface area contributed by atoms with Crippen molar-refractivity contribution in [1.82, 2.24) is 4.57 Å². The molecule has 1 nitrogen and oxygen atoms in total. The van der Waals surface area contributed by atoms with Crippen LogP contribution in [0.15, 0.2) is 224 Å². The number of rotatable bonds is 5. The maximum Gasteiger partial charge on any atom is 0.0626 e. The lowest BCUT2D eigenvalue weighted by Gasteiger charge is -2.20. The van der Waals surface area contributed by atoms with Crippen molar-refractivity contribution in [3.8, 4) is 72.6 Å². The third-order valence-corrected chi connectivity index (χ3v) is 13.1. The third-order valence-electron chi connectivity index (χ3n) is 13.1. The fourth-order valence-electron chi connectivity index (χ4n) is 10.7.